The first kappa shape index (κ1) is 12.0. The summed E-state index contributed by atoms with van der Waals surface area (Å²) in [5.41, 5.74) is 2.11. The highest BCUT2D eigenvalue weighted by molar-refractivity contribution is 7.96. The Balaban J connectivity index is 1.97. The molecule has 0 unspecified atom stereocenters. The third kappa shape index (κ3) is 3.22. The molecular weight excluding hydrogens is 234 g/mol. The normalized spacial score (nSPS) is 15.1. The average Bonchev–Trinajstić information content (AvgIpc) is 2.78. The Morgan fingerprint density at radius 2 is 2.53 bits per heavy atom. The molecule has 0 radical (unpaired) electrons. The fourth-order valence-corrected chi connectivity index (χ4v) is 1.99. The first-order chi connectivity index (χ1) is 8.29. The predicted molar refractivity (Wildman–Crippen MR) is 67.6 cm³/mol. The van der Waals surface area contributed by atoms with E-state index in [-0.39, 0.29) is 0 Å². The van der Waals surface area contributed by atoms with E-state index in [4.69, 9.17) is 4.84 Å². The van der Waals surface area contributed by atoms with Crippen molar-refractivity contribution in [2.75, 3.05) is 6.54 Å². The SMILES string of the molecule is CCC#CON1CC(c2ccc[n+](C)c2)=NS1. The molecule has 88 valence electrons. The molecule has 17 heavy (non-hydrogen) atoms. The van der Waals surface area contributed by atoms with Gasteiger partial charge < -0.3 is 4.84 Å². The largest absolute Gasteiger partial charge is 0.341 e. The molecule has 0 amide bonds. The summed E-state index contributed by atoms with van der Waals surface area (Å²) in [4.78, 5) is 5.24. The summed E-state index contributed by atoms with van der Waals surface area (Å²) in [5.74, 6) is 2.86. The number of rotatable bonds is 2. The third-order valence-electron chi connectivity index (χ3n) is 2.19. The van der Waals surface area contributed by atoms with Crippen LogP contribution in [-0.4, -0.2) is 16.7 Å². The molecule has 0 aromatic carbocycles. The Hall–Kier alpha value is -1.51. The maximum atomic E-state index is 5.24. The molecule has 2 heterocycles. The lowest BCUT2D eigenvalue weighted by Gasteiger charge is -2.06. The molecular formula is C12H14N3OS+. The minimum atomic E-state index is 0.646. The van der Waals surface area contributed by atoms with Gasteiger partial charge in [0.25, 0.3) is 0 Å². The lowest BCUT2D eigenvalue weighted by Crippen LogP contribution is -2.28. The van der Waals surface area contributed by atoms with Gasteiger partial charge in [0.15, 0.2) is 12.4 Å². The van der Waals surface area contributed by atoms with Gasteiger partial charge in [0.05, 0.1) is 17.8 Å². The standard InChI is InChI=1S/C12H14N3OS/c1-3-4-8-16-15-10-12(13-17-15)11-6-5-7-14(2)9-11/h5-7,9H,3,10H2,1-2H3/q+1. The summed E-state index contributed by atoms with van der Waals surface area (Å²) >= 11 is 1.29. The van der Waals surface area contributed by atoms with Gasteiger partial charge in [0, 0.05) is 12.5 Å². The van der Waals surface area contributed by atoms with Gasteiger partial charge in [-0.15, -0.1) is 0 Å². The summed E-state index contributed by atoms with van der Waals surface area (Å²) in [7, 11) is 1.99. The van der Waals surface area contributed by atoms with Gasteiger partial charge in [-0.2, -0.15) is 4.40 Å². The fraction of sp³-hybridized carbons (Fsp3) is 0.333. The van der Waals surface area contributed by atoms with Crippen LogP contribution in [0.3, 0.4) is 0 Å². The second-order valence-electron chi connectivity index (χ2n) is 3.59. The van der Waals surface area contributed by atoms with Crippen molar-refractivity contribution in [1.82, 2.24) is 4.47 Å². The Kier molecular flexibility index (Phi) is 4.02. The van der Waals surface area contributed by atoms with Crippen molar-refractivity contribution in [3.63, 3.8) is 0 Å². The third-order valence-corrected chi connectivity index (χ3v) is 2.88. The van der Waals surface area contributed by atoms with Crippen LogP contribution in [0.4, 0.5) is 0 Å². The summed E-state index contributed by atoms with van der Waals surface area (Å²) in [6.07, 6.45) is 7.46. The molecule has 0 spiro atoms. The zero-order valence-electron chi connectivity index (χ0n) is 9.88. The predicted octanol–water partition coefficient (Wildman–Crippen LogP) is 1.48. The molecule has 0 fully saturated rings. The second-order valence-corrected chi connectivity index (χ2v) is 4.35. The van der Waals surface area contributed by atoms with Crippen LogP contribution < -0.4 is 4.57 Å². The molecule has 0 saturated carbocycles. The summed E-state index contributed by atoms with van der Waals surface area (Å²) in [6, 6.07) is 4.05. The van der Waals surface area contributed by atoms with E-state index in [1.807, 2.05) is 43.1 Å². The fourth-order valence-electron chi connectivity index (χ4n) is 1.38. The monoisotopic (exact) mass is 248 g/mol. The molecule has 5 heteroatoms. The molecule has 1 aromatic heterocycles. The smallest absolute Gasteiger partial charge is 0.177 e. The quantitative estimate of drug-likeness (QED) is 0.451. The van der Waals surface area contributed by atoms with E-state index in [1.165, 1.54) is 12.1 Å². The second kappa shape index (κ2) is 5.71. The van der Waals surface area contributed by atoms with Crippen LogP contribution in [0, 0.1) is 12.0 Å². The summed E-state index contributed by atoms with van der Waals surface area (Å²) in [6.45, 7) is 2.63. The highest BCUT2D eigenvalue weighted by Gasteiger charge is 2.21. The first-order valence-corrected chi connectivity index (χ1v) is 6.14. The van der Waals surface area contributed by atoms with Gasteiger partial charge in [-0.1, -0.05) is 12.8 Å². The molecule has 0 N–H and O–H groups in total. The van der Waals surface area contributed by atoms with Gasteiger partial charge in [-0.05, 0) is 10.5 Å². The maximum absolute atomic E-state index is 5.24. The molecule has 2 rings (SSSR count). The lowest BCUT2D eigenvalue weighted by molar-refractivity contribution is -0.671. The van der Waals surface area contributed by atoms with Crippen LogP contribution in [0.25, 0.3) is 0 Å². The summed E-state index contributed by atoms with van der Waals surface area (Å²) in [5, 5.41) is 0. The van der Waals surface area contributed by atoms with Crippen LogP contribution in [-0.2, 0) is 11.9 Å². The number of pyridine rings is 1. The van der Waals surface area contributed by atoms with Crippen molar-refractivity contribution in [1.29, 1.82) is 0 Å². The van der Waals surface area contributed by atoms with Gasteiger partial charge in [0.1, 0.15) is 25.3 Å². The Morgan fingerprint density at radius 1 is 1.65 bits per heavy atom. The van der Waals surface area contributed by atoms with Crippen LogP contribution in [0.1, 0.15) is 18.9 Å². The van der Waals surface area contributed by atoms with E-state index < -0.39 is 0 Å². The highest BCUT2D eigenvalue weighted by atomic mass is 32.2. The van der Waals surface area contributed by atoms with Crippen molar-refractivity contribution in [2.45, 2.75) is 13.3 Å². The number of nitrogens with zero attached hydrogens (tertiary/aromatic N) is 3. The highest BCUT2D eigenvalue weighted by Crippen LogP contribution is 2.21. The van der Waals surface area contributed by atoms with E-state index in [1.54, 1.807) is 4.47 Å². The van der Waals surface area contributed by atoms with Crippen LogP contribution in [0.5, 0.6) is 0 Å². The van der Waals surface area contributed by atoms with Crippen LogP contribution in [0.15, 0.2) is 28.9 Å². The van der Waals surface area contributed by atoms with Crippen LogP contribution in [0.2, 0.25) is 0 Å². The van der Waals surface area contributed by atoms with E-state index in [0.717, 1.165) is 17.7 Å². The zero-order chi connectivity index (χ0) is 12.1. The minimum Gasteiger partial charge on any atom is -0.341 e. The number of hydroxylamine groups is 1. The zero-order valence-corrected chi connectivity index (χ0v) is 10.7. The average molecular weight is 248 g/mol. The van der Waals surface area contributed by atoms with E-state index in [2.05, 4.69) is 16.4 Å². The number of hydrogen-bond donors (Lipinski definition) is 0. The Labute approximate surface area is 106 Å². The van der Waals surface area contributed by atoms with Gasteiger partial charge >= 0.3 is 0 Å². The molecule has 0 bridgehead atoms. The Bertz CT molecular complexity index is 490. The number of aryl methyl sites for hydroxylation is 1. The van der Waals surface area contributed by atoms with Crippen molar-refractivity contribution in [2.24, 2.45) is 11.4 Å². The number of hydrogen-bond acceptors (Lipinski definition) is 4. The van der Waals surface area contributed by atoms with Crippen molar-refractivity contribution < 1.29 is 9.40 Å². The molecule has 0 atom stereocenters. The van der Waals surface area contributed by atoms with Crippen molar-refractivity contribution in [3.05, 3.63) is 30.1 Å². The number of aromatic nitrogens is 1. The van der Waals surface area contributed by atoms with Gasteiger partial charge in [-0.3, -0.25) is 0 Å². The van der Waals surface area contributed by atoms with Crippen molar-refractivity contribution >= 4 is 17.8 Å². The molecule has 1 aliphatic heterocycles. The summed E-state index contributed by atoms with van der Waals surface area (Å²) < 4.78 is 8.03. The first-order valence-electron chi connectivity index (χ1n) is 5.41. The molecule has 0 aliphatic carbocycles. The van der Waals surface area contributed by atoms with Gasteiger partial charge in [0.2, 0.25) is 0 Å². The topological polar surface area (TPSA) is 28.7 Å². The van der Waals surface area contributed by atoms with Gasteiger partial charge in [-0.25, -0.2) is 4.57 Å². The lowest BCUT2D eigenvalue weighted by atomic mass is 10.2. The molecule has 1 aliphatic rings. The van der Waals surface area contributed by atoms with Crippen LogP contribution >= 0.6 is 12.1 Å². The minimum absolute atomic E-state index is 0.646. The van der Waals surface area contributed by atoms with E-state index in [0.29, 0.717) is 6.54 Å². The molecule has 0 saturated heterocycles. The maximum Gasteiger partial charge on any atom is 0.177 e. The Morgan fingerprint density at radius 3 is 3.29 bits per heavy atom. The molecule has 4 nitrogen and oxygen atoms in total. The van der Waals surface area contributed by atoms with E-state index >= 15 is 0 Å². The van der Waals surface area contributed by atoms with Crippen molar-refractivity contribution in [3.8, 4) is 12.0 Å². The molecule has 1 aromatic rings. The van der Waals surface area contributed by atoms with E-state index in [9.17, 15) is 0 Å².